The van der Waals surface area contributed by atoms with Crippen molar-refractivity contribution in [2.75, 3.05) is 31.6 Å². The zero-order valence-corrected chi connectivity index (χ0v) is 12.8. The zero-order valence-electron chi connectivity index (χ0n) is 12.0. The van der Waals surface area contributed by atoms with E-state index in [1.807, 2.05) is 11.8 Å². The maximum Gasteiger partial charge on any atom is 0.273 e. The molecule has 0 spiro atoms. The molecule has 0 atom stereocenters. The molecule has 1 aromatic heterocycles. The maximum atomic E-state index is 11.9. The van der Waals surface area contributed by atoms with E-state index in [1.54, 1.807) is 10.9 Å². The second kappa shape index (κ2) is 8.26. The molecule has 0 aliphatic carbocycles. The van der Waals surface area contributed by atoms with E-state index in [-0.39, 0.29) is 5.91 Å². The number of unbranched alkanes of at least 4 members (excludes halogenated alkanes) is 3. The molecule has 0 unspecified atom stereocenters. The summed E-state index contributed by atoms with van der Waals surface area (Å²) in [6, 6.07) is 0.348. The predicted octanol–water partition coefficient (Wildman–Crippen LogP) is 1.08. The Balaban J connectivity index is 1.60. The lowest BCUT2D eigenvalue weighted by atomic mass is 10.2. The highest BCUT2D eigenvalue weighted by atomic mass is 32.2. The van der Waals surface area contributed by atoms with Crippen molar-refractivity contribution in [1.29, 1.82) is 0 Å². The second-order valence-electron chi connectivity index (χ2n) is 5.06. The molecule has 1 aromatic rings. The van der Waals surface area contributed by atoms with Gasteiger partial charge in [-0.25, -0.2) is 4.68 Å². The third-order valence-electron chi connectivity index (χ3n) is 3.44. The van der Waals surface area contributed by atoms with Crippen LogP contribution in [0.2, 0.25) is 0 Å². The van der Waals surface area contributed by atoms with E-state index < -0.39 is 0 Å². The number of carbonyl (C=O) groups is 1. The van der Waals surface area contributed by atoms with Crippen LogP contribution in [-0.4, -0.2) is 52.5 Å². The molecular formula is C13H23N5OS. The van der Waals surface area contributed by atoms with Gasteiger partial charge in [0.2, 0.25) is 0 Å². The molecule has 2 heterocycles. The highest BCUT2D eigenvalue weighted by Crippen LogP contribution is 2.09. The first-order valence-corrected chi connectivity index (χ1v) is 8.60. The lowest BCUT2D eigenvalue weighted by molar-refractivity contribution is 0.0948. The molecule has 2 rings (SSSR count). The number of aromatic nitrogens is 3. The van der Waals surface area contributed by atoms with Gasteiger partial charge in [-0.15, -0.1) is 5.10 Å². The first-order chi connectivity index (χ1) is 9.81. The van der Waals surface area contributed by atoms with Crippen LogP contribution in [0, 0.1) is 0 Å². The Morgan fingerprint density at radius 3 is 2.95 bits per heavy atom. The quantitative estimate of drug-likeness (QED) is 0.667. The summed E-state index contributed by atoms with van der Waals surface area (Å²) in [5.41, 5.74) is 0.416. The van der Waals surface area contributed by atoms with Crippen molar-refractivity contribution in [3.05, 3.63) is 11.9 Å². The summed E-state index contributed by atoms with van der Waals surface area (Å²) >= 11 is 1.89. The highest BCUT2D eigenvalue weighted by Gasteiger charge is 2.21. The Labute approximate surface area is 124 Å². The largest absolute Gasteiger partial charge is 0.351 e. The van der Waals surface area contributed by atoms with Crippen molar-refractivity contribution in [3.8, 4) is 0 Å². The van der Waals surface area contributed by atoms with Gasteiger partial charge in [0.05, 0.1) is 12.2 Å². The topological polar surface area (TPSA) is 71.8 Å². The number of thioether (sulfide) groups is 1. The number of hydrogen-bond donors (Lipinski definition) is 2. The fraction of sp³-hybridized carbons (Fsp3) is 0.769. The van der Waals surface area contributed by atoms with Crippen LogP contribution in [0.15, 0.2) is 6.20 Å². The smallest absolute Gasteiger partial charge is 0.273 e. The lowest BCUT2D eigenvalue weighted by Gasteiger charge is -2.26. The van der Waals surface area contributed by atoms with E-state index in [1.165, 1.54) is 25.0 Å². The minimum absolute atomic E-state index is 0.118. The summed E-state index contributed by atoms with van der Waals surface area (Å²) in [5.74, 6) is 1.11. The van der Waals surface area contributed by atoms with Crippen LogP contribution in [-0.2, 0) is 0 Å². The summed E-state index contributed by atoms with van der Waals surface area (Å²) in [6.45, 7) is 2.52. The van der Waals surface area contributed by atoms with E-state index >= 15 is 0 Å². The van der Waals surface area contributed by atoms with Crippen LogP contribution in [0.4, 0.5) is 0 Å². The van der Waals surface area contributed by atoms with E-state index in [4.69, 9.17) is 0 Å². The summed E-state index contributed by atoms with van der Waals surface area (Å²) in [5, 5.41) is 14.0. The van der Waals surface area contributed by atoms with Gasteiger partial charge < -0.3 is 10.6 Å². The molecule has 1 fully saturated rings. The second-order valence-corrected chi connectivity index (χ2v) is 6.04. The van der Waals surface area contributed by atoms with Crippen LogP contribution in [0.1, 0.15) is 42.2 Å². The third kappa shape index (κ3) is 4.49. The van der Waals surface area contributed by atoms with Gasteiger partial charge in [0.25, 0.3) is 5.91 Å². The van der Waals surface area contributed by atoms with E-state index in [2.05, 4.69) is 27.2 Å². The molecule has 1 amide bonds. The molecule has 0 bridgehead atoms. The van der Waals surface area contributed by atoms with Gasteiger partial charge in [0.15, 0.2) is 5.69 Å². The summed E-state index contributed by atoms with van der Waals surface area (Å²) in [7, 11) is 0. The van der Waals surface area contributed by atoms with Gasteiger partial charge >= 0.3 is 0 Å². The number of nitrogens with one attached hydrogen (secondary N) is 2. The number of rotatable bonds is 9. The van der Waals surface area contributed by atoms with Crippen molar-refractivity contribution in [2.24, 2.45) is 0 Å². The van der Waals surface area contributed by atoms with Gasteiger partial charge in [-0.05, 0) is 24.9 Å². The molecular weight excluding hydrogens is 274 g/mol. The fourth-order valence-corrected chi connectivity index (χ4v) is 2.53. The first-order valence-electron chi connectivity index (χ1n) is 7.21. The van der Waals surface area contributed by atoms with Gasteiger partial charge in [0, 0.05) is 19.6 Å². The molecule has 112 valence electrons. The van der Waals surface area contributed by atoms with Gasteiger partial charge in [-0.2, -0.15) is 11.8 Å². The van der Waals surface area contributed by atoms with Crippen LogP contribution >= 0.6 is 11.8 Å². The van der Waals surface area contributed by atoms with Crippen molar-refractivity contribution >= 4 is 17.7 Å². The number of amides is 1. The number of nitrogens with zero attached hydrogens (tertiary/aromatic N) is 3. The van der Waals surface area contributed by atoms with Crippen molar-refractivity contribution in [1.82, 2.24) is 25.6 Å². The minimum Gasteiger partial charge on any atom is -0.351 e. The Hall–Kier alpha value is -1.08. The molecule has 0 radical (unpaired) electrons. The van der Waals surface area contributed by atoms with Crippen LogP contribution in [0.25, 0.3) is 0 Å². The normalized spacial score (nSPS) is 15.1. The molecule has 0 aromatic carbocycles. The SMILES string of the molecule is CSCCCCCCNC(=O)c1cn(C2CNC2)nn1. The summed E-state index contributed by atoms with van der Waals surface area (Å²) < 4.78 is 1.77. The number of carbonyl (C=O) groups excluding carboxylic acids is 1. The van der Waals surface area contributed by atoms with Crippen LogP contribution < -0.4 is 10.6 Å². The van der Waals surface area contributed by atoms with Crippen LogP contribution in [0.3, 0.4) is 0 Å². The molecule has 20 heavy (non-hydrogen) atoms. The molecule has 1 aliphatic rings. The van der Waals surface area contributed by atoms with E-state index in [0.717, 1.165) is 26.1 Å². The highest BCUT2D eigenvalue weighted by molar-refractivity contribution is 7.98. The molecule has 6 nitrogen and oxygen atoms in total. The summed E-state index contributed by atoms with van der Waals surface area (Å²) in [6.07, 6.45) is 8.56. The molecule has 1 aliphatic heterocycles. The predicted molar refractivity (Wildman–Crippen MR) is 81.1 cm³/mol. The van der Waals surface area contributed by atoms with E-state index in [0.29, 0.717) is 11.7 Å². The zero-order chi connectivity index (χ0) is 14.2. The first kappa shape index (κ1) is 15.3. The van der Waals surface area contributed by atoms with Gasteiger partial charge in [0.1, 0.15) is 0 Å². The van der Waals surface area contributed by atoms with Crippen molar-refractivity contribution in [2.45, 2.75) is 31.7 Å². The average Bonchev–Trinajstić information content (AvgIpc) is 2.85. The Kier molecular flexibility index (Phi) is 6.32. The summed E-state index contributed by atoms with van der Waals surface area (Å²) in [4.78, 5) is 11.9. The Morgan fingerprint density at radius 1 is 1.45 bits per heavy atom. The van der Waals surface area contributed by atoms with Crippen LogP contribution in [0.5, 0.6) is 0 Å². The fourth-order valence-electron chi connectivity index (χ4n) is 2.04. The van der Waals surface area contributed by atoms with Gasteiger partial charge in [-0.3, -0.25) is 4.79 Å². The maximum absolute atomic E-state index is 11.9. The third-order valence-corrected chi connectivity index (χ3v) is 4.13. The molecule has 7 heteroatoms. The van der Waals surface area contributed by atoms with Crippen molar-refractivity contribution in [3.63, 3.8) is 0 Å². The molecule has 0 saturated carbocycles. The van der Waals surface area contributed by atoms with Gasteiger partial charge in [-0.1, -0.05) is 18.1 Å². The van der Waals surface area contributed by atoms with E-state index in [9.17, 15) is 4.79 Å². The Bertz CT molecular complexity index is 419. The average molecular weight is 297 g/mol. The monoisotopic (exact) mass is 297 g/mol. The molecule has 1 saturated heterocycles. The lowest BCUT2D eigenvalue weighted by Crippen LogP contribution is -2.43. The standard InChI is InChI=1S/C13H23N5OS/c1-20-7-5-3-2-4-6-15-13(19)12-10-18(17-16-12)11-8-14-9-11/h10-11,14H,2-9H2,1H3,(H,15,19). The van der Waals surface area contributed by atoms with Crippen molar-refractivity contribution < 1.29 is 4.79 Å². The number of hydrogen-bond acceptors (Lipinski definition) is 5. The minimum atomic E-state index is -0.118. The molecule has 2 N–H and O–H groups in total. The Morgan fingerprint density at radius 2 is 2.25 bits per heavy atom.